The van der Waals surface area contributed by atoms with Crippen LogP contribution >= 0.6 is 11.3 Å². The van der Waals surface area contributed by atoms with Gasteiger partial charge in [0.15, 0.2) is 0 Å². The summed E-state index contributed by atoms with van der Waals surface area (Å²) in [5, 5.41) is 4.80. The van der Waals surface area contributed by atoms with Crippen molar-refractivity contribution in [2.45, 2.75) is 32.9 Å². The highest BCUT2D eigenvalue weighted by atomic mass is 32.1. The normalized spacial score (nSPS) is 11.7. The fraction of sp³-hybridized carbons (Fsp3) is 0.280. The van der Waals surface area contributed by atoms with Crippen LogP contribution in [0, 0.1) is 5.82 Å². The molecule has 1 atom stereocenters. The predicted octanol–water partition coefficient (Wildman–Crippen LogP) is 5.65. The molecular weight excluding hydrogens is 425 g/mol. The molecule has 0 spiro atoms. The van der Waals surface area contributed by atoms with Crippen LogP contribution in [0.1, 0.15) is 45.9 Å². The number of anilines is 2. The summed E-state index contributed by atoms with van der Waals surface area (Å²) in [6, 6.07) is 14.9. The smallest absolute Gasteiger partial charge is 0.265 e. The van der Waals surface area contributed by atoms with Crippen LogP contribution in [0.2, 0.25) is 0 Å². The van der Waals surface area contributed by atoms with E-state index in [2.05, 4.69) is 5.32 Å². The zero-order chi connectivity index (χ0) is 23.3. The summed E-state index contributed by atoms with van der Waals surface area (Å²) in [7, 11) is 3.89. The highest BCUT2D eigenvalue weighted by Gasteiger charge is 2.23. The first-order valence-corrected chi connectivity index (χ1v) is 11.4. The molecule has 1 aromatic heterocycles. The van der Waals surface area contributed by atoms with Crippen LogP contribution in [-0.2, 0) is 6.54 Å². The van der Waals surface area contributed by atoms with Crippen molar-refractivity contribution in [3.05, 3.63) is 81.8 Å². The summed E-state index contributed by atoms with van der Waals surface area (Å²) >= 11 is 1.38. The molecule has 3 aromatic rings. The van der Waals surface area contributed by atoms with Crippen molar-refractivity contribution in [3.8, 4) is 0 Å². The average molecular weight is 454 g/mol. The van der Waals surface area contributed by atoms with Gasteiger partial charge in [-0.15, -0.1) is 11.3 Å². The SMILES string of the molecule is CC[C@H](C)N(Cc1cc(NC(=O)c2cccs2)ccc1N(C)C)C(=O)c1ccc(F)cc1. The van der Waals surface area contributed by atoms with Crippen molar-refractivity contribution in [2.24, 2.45) is 0 Å². The van der Waals surface area contributed by atoms with Crippen LogP contribution in [0.3, 0.4) is 0 Å². The molecule has 0 aliphatic carbocycles. The van der Waals surface area contributed by atoms with E-state index in [4.69, 9.17) is 0 Å². The lowest BCUT2D eigenvalue weighted by molar-refractivity contribution is 0.0671. The maximum absolute atomic E-state index is 13.4. The average Bonchev–Trinajstić information content (AvgIpc) is 3.32. The van der Waals surface area contributed by atoms with Gasteiger partial charge >= 0.3 is 0 Å². The van der Waals surface area contributed by atoms with Crippen molar-refractivity contribution in [1.82, 2.24) is 4.90 Å². The van der Waals surface area contributed by atoms with Crippen molar-refractivity contribution >= 4 is 34.5 Å². The van der Waals surface area contributed by atoms with Gasteiger partial charge in [0.05, 0.1) is 4.88 Å². The number of carbonyl (C=O) groups is 2. The number of benzene rings is 2. The number of amides is 2. The highest BCUT2D eigenvalue weighted by Crippen LogP contribution is 2.27. The van der Waals surface area contributed by atoms with Gasteiger partial charge in [0, 0.05) is 43.6 Å². The number of nitrogens with one attached hydrogen (secondary N) is 1. The molecule has 0 bridgehead atoms. The number of rotatable bonds is 8. The number of hydrogen-bond donors (Lipinski definition) is 1. The highest BCUT2D eigenvalue weighted by molar-refractivity contribution is 7.12. The minimum Gasteiger partial charge on any atom is -0.377 e. The van der Waals surface area contributed by atoms with Crippen molar-refractivity contribution < 1.29 is 14.0 Å². The summed E-state index contributed by atoms with van der Waals surface area (Å²) < 4.78 is 13.4. The minimum absolute atomic E-state index is 0.0214. The van der Waals surface area contributed by atoms with E-state index in [1.807, 2.05) is 62.5 Å². The molecule has 0 fully saturated rings. The first kappa shape index (κ1) is 23.5. The third kappa shape index (κ3) is 5.53. The second-order valence-corrected chi connectivity index (χ2v) is 8.81. The number of nitrogens with zero attached hydrogens (tertiary/aromatic N) is 2. The largest absolute Gasteiger partial charge is 0.377 e. The van der Waals surface area contributed by atoms with Gasteiger partial charge in [0.1, 0.15) is 5.82 Å². The molecule has 0 aliphatic heterocycles. The zero-order valence-electron chi connectivity index (χ0n) is 18.8. The van der Waals surface area contributed by atoms with Gasteiger partial charge in [-0.2, -0.15) is 0 Å². The quantitative estimate of drug-likeness (QED) is 0.480. The molecule has 2 amide bonds. The lowest BCUT2D eigenvalue weighted by Gasteiger charge is -2.31. The molecule has 0 aliphatic rings. The van der Waals surface area contributed by atoms with Crippen LogP contribution in [0.5, 0.6) is 0 Å². The molecule has 1 heterocycles. The van der Waals surface area contributed by atoms with E-state index in [1.165, 1.54) is 35.6 Å². The van der Waals surface area contributed by atoms with E-state index >= 15 is 0 Å². The third-order valence-corrected chi connectivity index (χ3v) is 6.25. The van der Waals surface area contributed by atoms with Crippen molar-refractivity contribution in [1.29, 1.82) is 0 Å². The zero-order valence-corrected chi connectivity index (χ0v) is 19.6. The molecular formula is C25H28FN3O2S. The van der Waals surface area contributed by atoms with Gasteiger partial charge in [-0.1, -0.05) is 13.0 Å². The van der Waals surface area contributed by atoms with Gasteiger partial charge in [0.2, 0.25) is 0 Å². The molecule has 0 radical (unpaired) electrons. The van der Waals surface area contributed by atoms with Crippen LogP contribution in [0.4, 0.5) is 15.8 Å². The van der Waals surface area contributed by atoms with Gasteiger partial charge in [-0.05, 0) is 72.8 Å². The number of carbonyl (C=O) groups excluding carboxylic acids is 2. The van der Waals surface area contributed by atoms with Gasteiger partial charge in [-0.25, -0.2) is 4.39 Å². The molecule has 168 valence electrons. The molecule has 0 saturated heterocycles. The minimum atomic E-state index is -0.374. The van der Waals surface area contributed by atoms with E-state index in [9.17, 15) is 14.0 Å². The Kier molecular flexibility index (Phi) is 7.64. The Labute approximate surface area is 192 Å². The number of hydrogen-bond acceptors (Lipinski definition) is 4. The number of thiophene rings is 1. The molecule has 32 heavy (non-hydrogen) atoms. The molecule has 7 heteroatoms. The fourth-order valence-corrected chi connectivity index (χ4v) is 4.04. The van der Waals surface area contributed by atoms with Gasteiger partial charge in [-0.3, -0.25) is 9.59 Å². The van der Waals surface area contributed by atoms with E-state index in [-0.39, 0.29) is 23.7 Å². The summed E-state index contributed by atoms with van der Waals surface area (Å²) in [5.74, 6) is -0.692. The Morgan fingerprint density at radius 1 is 1.09 bits per heavy atom. The number of halogens is 1. The first-order chi connectivity index (χ1) is 15.3. The lowest BCUT2D eigenvalue weighted by Crippen LogP contribution is -2.38. The topological polar surface area (TPSA) is 52.7 Å². The molecule has 0 unspecified atom stereocenters. The second kappa shape index (κ2) is 10.4. The van der Waals surface area contributed by atoms with E-state index in [0.717, 1.165) is 17.7 Å². The van der Waals surface area contributed by atoms with Crippen LogP contribution in [-0.4, -0.2) is 36.9 Å². The Bertz CT molecular complexity index is 1070. The van der Waals surface area contributed by atoms with Crippen molar-refractivity contribution in [2.75, 3.05) is 24.3 Å². The Hall–Kier alpha value is -3.19. The van der Waals surface area contributed by atoms with Crippen LogP contribution < -0.4 is 10.2 Å². The van der Waals surface area contributed by atoms with E-state index < -0.39 is 0 Å². The maximum Gasteiger partial charge on any atom is 0.265 e. The Morgan fingerprint density at radius 3 is 2.41 bits per heavy atom. The molecule has 0 saturated carbocycles. The van der Waals surface area contributed by atoms with Crippen LogP contribution in [0.25, 0.3) is 0 Å². The summed E-state index contributed by atoms with van der Waals surface area (Å²) in [4.78, 5) is 30.2. The lowest BCUT2D eigenvalue weighted by atomic mass is 10.1. The summed E-state index contributed by atoms with van der Waals surface area (Å²) in [6.07, 6.45) is 0.777. The Balaban J connectivity index is 1.92. The first-order valence-electron chi connectivity index (χ1n) is 10.5. The molecule has 1 N–H and O–H groups in total. The molecule has 2 aromatic carbocycles. The second-order valence-electron chi connectivity index (χ2n) is 7.87. The van der Waals surface area contributed by atoms with Crippen molar-refractivity contribution in [3.63, 3.8) is 0 Å². The molecule has 5 nitrogen and oxygen atoms in total. The Morgan fingerprint density at radius 2 is 1.81 bits per heavy atom. The maximum atomic E-state index is 13.4. The molecule has 3 rings (SSSR count). The summed E-state index contributed by atoms with van der Waals surface area (Å²) in [6.45, 7) is 4.39. The van der Waals surface area contributed by atoms with Crippen LogP contribution in [0.15, 0.2) is 60.0 Å². The fourth-order valence-electron chi connectivity index (χ4n) is 3.42. The standard InChI is InChI=1S/C25H28FN3O2S/c1-5-17(2)29(25(31)18-8-10-20(26)11-9-18)16-19-15-21(12-13-22(19)28(3)4)27-24(30)23-7-6-14-32-23/h6-15,17H,5,16H2,1-4H3,(H,27,30)/t17-/m0/s1. The third-order valence-electron chi connectivity index (χ3n) is 5.38. The van der Waals surface area contributed by atoms with Gasteiger partial charge < -0.3 is 15.1 Å². The van der Waals surface area contributed by atoms with E-state index in [0.29, 0.717) is 22.7 Å². The monoisotopic (exact) mass is 453 g/mol. The van der Waals surface area contributed by atoms with E-state index in [1.54, 1.807) is 11.0 Å². The summed E-state index contributed by atoms with van der Waals surface area (Å²) in [5.41, 5.74) is 2.98. The predicted molar refractivity (Wildman–Crippen MR) is 129 cm³/mol. The van der Waals surface area contributed by atoms with Gasteiger partial charge in [0.25, 0.3) is 11.8 Å².